The summed E-state index contributed by atoms with van der Waals surface area (Å²) in [5.74, 6) is 0. The summed E-state index contributed by atoms with van der Waals surface area (Å²) in [6, 6.07) is 14.8. The highest BCUT2D eigenvalue weighted by Gasteiger charge is 2.22. The molecular formula is C15H18O. The van der Waals surface area contributed by atoms with E-state index in [0.29, 0.717) is 0 Å². The van der Waals surface area contributed by atoms with Crippen LogP contribution in [0.4, 0.5) is 0 Å². The van der Waals surface area contributed by atoms with Crippen molar-refractivity contribution in [3.63, 3.8) is 0 Å². The fraction of sp³-hybridized carbons (Fsp3) is 0.333. The lowest BCUT2D eigenvalue weighted by Gasteiger charge is -2.26. The quantitative estimate of drug-likeness (QED) is 0.747. The van der Waals surface area contributed by atoms with Gasteiger partial charge in [0.25, 0.3) is 0 Å². The lowest BCUT2D eigenvalue weighted by Crippen LogP contribution is -2.21. The second-order valence-electron chi connectivity index (χ2n) is 4.47. The number of hydrogen-bond acceptors (Lipinski definition) is 1. The van der Waals surface area contributed by atoms with Crippen LogP contribution in [0, 0.1) is 0 Å². The second-order valence-corrected chi connectivity index (χ2v) is 4.47. The average Bonchev–Trinajstić information content (AvgIpc) is 2.28. The second kappa shape index (κ2) is 4.26. The van der Waals surface area contributed by atoms with Crippen molar-refractivity contribution in [3.05, 3.63) is 48.0 Å². The van der Waals surface area contributed by atoms with Crippen molar-refractivity contribution in [2.75, 3.05) is 6.61 Å². The summed E-state index contributed by atoms with van der Waals surface area (Å²) in [7, 11) is 0. The van der Waals surface area contributed by atoms with Gasteiger partial charge in [0.05, 0.1) is 5.60 Å². The third kappa shape index (κ3) is 1.96. The molecule has 16 heavy (non-hydrogen) atoms. The molecule has 2 aromatic carbocycles. The van der Waals surface area contributed by atoms with Crippen molar-refractivity contribution >= 4 is 10.8 Å². The highest BCUT2D eigenvalue weighted by molar-refractivity contribution is 5.86. The van der Waals surface area contributed by atoms with Gasteiger partial charge in [0.1, 0.15) is 0 Å². The molecule has 0 saturated carbocycles. The highest BCUT2D eigenvalue weighted by atomic mass is 16.5. The van der Waals surface area contributed by atoms with E-state index in [2.05, 4.69) is 56.3 Å². The molecule has 0 atom stereocenters. The molecule has 2 rings (SSSR count). The predicted molar refractivity (Wildman–Crippen MR) is 68.6 cm³/mol. The van der Waals surface area contributed by atoms with Gasteiger partial charge < -0.3 is 4.74 Å². The van der Waals surface area contributed by atoms with Crippen LogP contribution in [0.25, 0.3) is 10.8 Å². The Morgan fingerprint density at radius 2 is 1.69 bits per heavy atom. The van der Waals surface area contributed by atoms with Crippen molar-refractivity contribution in [2.24, 2.45) is 0 Å². The molecule has 0 fully saturated rings. The fourth-order valence-electron chi connectivity index (χ4n) is 2.19. The Labute approximate surface area is 97.1 Å². The van der Waals surface area contributed by atoms with Gasteiger partial charge in [-0.3, -0.25) is 0 Å². The fourth-order valence-corrected chi connectivity index (χ4v) is 2.19. The minimum Gasteiger partial charge on any atom is -0.371 e. The molecule has 0 bridgehead atoms. The molecule has 0 amide bonds. The van der Waals surface area contributed by atoms with Gasteiger partial charge in [-0.25, -0.2) is 0 Å². The molecule has 0 radical (unpaired) electrons. The SMILES string of the molecule is CCOC(C)(C)c1cccc2ccccc12. The minimum atomic E-state index is -0.227. The molecule has 84 valence electrons. The molecule has 0 aromatic heterocycles. The van der Waals surface area contributed by atoms with E-state index in [1.54, 1.807) is 0 Å². The first-order chi connectivity index (χ1) is 7.65. The van der Waals surface area contributed by atoms with E-state index in [-0.39, 0.29) is 5.60 Å². The van der Waals surface area contributed by atoms with Crippen LogP contribution in [-0.4, -0.2) is 6.61 Å². The summed E-state index contributed by atoms with van der Waals surface area (Å²) in [4.78, 5) is 0. The zero-order valence-corrected chi connectivity index (χ0v) is 10.2. The van der Waals surface area contributed by atoms with E-state index < -0.39 is 0 Å². The Morgan fingerprint density at radius 3 is 2.44 bits per heavy atom. The molecule has 0 unspecified atom stereocenters. The molecule has 1 nitrogen and oxygen atoms in total. The smallest absolute Gasteiger partial charge is 0.0881 e. The monoisotopic (exact) mass is 214 g/mol. The Kier molecular flexibility index (Phi) is 2.97. The number of benzene rings is 2. The number of hydrogen-bond donors (Lipinski definition) is 0. The third-order valence-corrected chi connectivity index (χ3v) is 2.94. The molecule has 0 N–H and O–H groups in total. The van der Waals surface area contributed by atoms with Crippen LogP contribution in [0.1, 0.15) is 26.3 Å². The molecule has 0 saturated heterocycles. The standard InChI is InChI=1S/C15H18O/c1-4-16-15(2,3)14-11-7-9-12-8-5-6-10-13(12)14/h5-11H,4H2,1-3H3. The molecule has 1 heteroatoms. The zero-order valence-electron chi connectivity index (χ0n) is 10.2. The predicted octanol–water partition coefficient (Wildman–Crippen LogP) is 4.11. The van der Waals surface area contributed by atoms with E-state index in [4.69, 9.17) is 4.74 Å². The van der Waals surface area contributed by atoms with Gasteiger partial charge in [-0.1, -0.05) is 42.5 Å². The summed E-state index contributed by atoms with van der Waals surface area (Å²) in [6.45, 7) is 7.01. The van der Waals surface area contributed by atoms with Crippen molar-refractivity contribution in [1.29, 1.82) is 0 Å². The summed E-state index contributed by atoms with van der Waals surface area (Å²) in [5, 5.41) is 2.55. The lowest BCUT2D eigenvalue weighted by atomic mass is 9.92. The van der Waals surface area contributed by atoms with Crippen molar-refractivity contribution in [1.82, 2.24) is 0 Å². The third-order valence-electron chi connectivity index (χ3n) is 2.94. The largest absolute Gasteiger partial charge is 0.371 e. The van der Waals surface area contributed by atoms with Crippen LogP contribution in [0.15, 0.2) is 42.5 Å². The van der Waals surface area contributed by atoms with E-state index in [1.165, 1.54) is 16.3 Å². The number of fused-ring (bicyclic) bond motifs is 1. The summed E-state index contributed by atoms with van der Waals surface area (Å²) >= 11 is 0. The van der Waals surface area contributed by atoms with Gasteiger partial charge in [-0.05, 0) is 37.1 Å². The molecule has 0 aliphatic rings. The highest BCUT2D eigenvalue weighted by Crippen LogP contribution is 2.31. The van der Waals surface area contributed by atoms with Gasteiger partial charge in [-0.2, -0.15) is 0 Å². The van der Waals surface area contributed by atoms with Crippen LogP contribution in [0.5, 0.6) is 0 Å². The van der Waals surface area contributed by atoms with E-state index in [0.717, 1.165) is 6.61 Å². The Bertz CT molecular complexity index is 480. The van der Waals surface area contributed by atoms with Crippen LogP contribution < -0.4 is 0 Å². The Morgan fingerprint density at radius 1 is 1.00 bits per heavy atom. The molecule has 2 aromatic rings. The maximum absolute atomic E-state index is 5.82. The van der Waals surface area contributed by atoms with E-state index >= 15 is 0 Å². The van der Waals surface area contributed by atoms with Crippen LogP contribution >= 0.6 is 0 Å². The van der Waals surface area contributed by atoms with Gasteiger partial charge in [0, 0.05) is 6.61 Å². The van der Waals surface area contributed by atoms with Gasteiger partial charge >= 0.3 is 0 Å². The summed E-state index contributed by atoms with van der Waals surface area (Å²) < 4.78 is 5.82. The Hall–Kier alpha value is -1.34. The van der Waals surface area contributed by atoms with E-state index in [9.17, 15) is 0 Å². The first-order valence-corrected chi connectivity index (χ1v) is 5.77. The molecule has 0 aliphatic carbocycles. The molecule has 0 heterocycles. The normalized spacial score (nSPS) is 11.9. The Balaban J connectivity index is 2.60. The van der Waals surface area contributed by atoms with Crippen molar-refractivity contribution in [3.8, 4) is 0 Å². The van der Waals surface area contributed by atoms with Gasteiger partial charge in [0.15, 0.2) is 0 Å². The first kappa shape index (κ1) is 11.2. The molecular weight excluding hydrogens is 196 g/mol. The topological polar surface area (TPSA) is 9.23 Å². The maximum atomic E-state index is 5.82. The lowest BCUT2D eigenvalue weighted by molar-refractivity contribution is -0.0128. The minimum absolute atomic E-state index is 0.227. The molecule has 0 aliphatic heterocycles. The average molecular weight is 214 g/mol. The number of rotatable bonds is 3. The van der Waals surface area contributed by atoms with Crippen LogP contribution in [0.2, 0.25) is 0 Å². The van der Waals surface area contributed by atoms with Gasteiger partial charge in [0.2, 0.25) is 0 Å². The van der Waals surface area contributed by atoms with Crippen molar-refractivity contribution < 1.29 is 4.74 Å². The zero-order chi connectivity index (χ0) is 11.6. The van der Waals surface area contributed by atoms with Gasteiger partial charge in [-0.15, -0.1) is 0 Å². The summed E-state index contributed by atoms with van der Waals surface area (Å²) in [5.41, 5.74) is 1.03. The van der Waals surface area contributed by atoms with E-state index in [1.807, 2.05) is 6.92 Å². The van der Waals surface area contributed by atoms with Crippen LogP contribution in [0.3, 0.4) is 0 Å². The maximum Gasteiger partial charge on any atom is 0.0881 e. The number of ether oxygens (including phenoxy) is 1. The first-order valence-electron chi connectivity index (χ1n) is 5.77. The molecule has 0 spiro atoms. The van der Waals surface area contributed by atoms with Crippen LogP contribution in [-0.2, 0) is 10.3 Å². The van der Waals surface area contributed by atoms with Crippen molar-refractivity contribution in [2.45, 2.75) is 26.4 Å². The summed E-state index contributed by atoms with van der Waals surface area (Å²) in [6.07, 6.45) is 0.